The van der Waals surface area contributed by atoms with Crippen molar-refractivity contribution < 1.29 is 4.79 Å². The number of nitrogens with one attached hydrogen (secondary N) is 1. The van der Waals surface area contributed by atoms with E-state index < -0.39 is 6.03 Å². The molecule has 1 aliphatic rings. The van der Waals surface area contributed by atoms with Crippen LogP contribution in [-0.2, 0) is 0 Å². The van der Waals surface area contributed by atoms with Crippen LogP contribution in [0.3, 0.4) is 0 Å². The van der Waals surface area contributed by atoms with Crippen LogP contribution in [0.1, 0.15) is 0 Å². The van der Waals surface area contributed by atoms with Gasteiger partial charge in [0.2, 0.25) is 0 Å². The van der Waals surface area contributed by atoms with Crippen LogP contribution in [0.2, 0.25) is 0 Å². The summed E-state index contributed by atoms with van der Waals surface area (Å²) in [6.45, 7) is 0.249. The van der Waals surface area contributed by atoms with E-state index >= 15 is 0 Å². The minimum atomic E-state index is -0.724. The van der Waals surface area contributed by atoms with Crippen LogP contribution < -0.4 is 16.3 Å². The highest BCUT2D eigenvalue weighted by molar-refractivity contribution is 5.75. The van der Waals surface area contributed by atoms with E-state index in [0.717, 1.165) is 10.6 Å². The quantitative estimate of drug-likeness (QED) is 0.533. The standard InChI is InChI=1S/C9H8N3O/c10-9(13)12-5-7-3-1-2-4-8(7)11-6-12/h1-5,10H,6H2. The van der Waals surface area contributed by atoms with Crippen molar-refractivity contribution in [2.75, 3.05) is 6.67 Å². The first kappa shape index (κ1) is 7.79. The van der Waals surface area contributed by atoms with Crippen LogP contribution in [0.5, 0.6) is 0 Å². The highest BCUT2D eigenvalue weighted by Gasteiger charge is 2.08. The molecule has 0 atom stereocenters. The lowest BCUT2D eigenvalue weighted by Gasteiger charge is -2.14. The Bertz CT molecular complexity index is 452. The monoisotopic (exact) mass is 174 g/mol. The van der Waals surface area contributed by atoms with Crippen LogP contribution in [0.4, 0.5) is 4.79 Å². The van der Waals surface area contributed by atoms with Crippen LogP contribution in [-0.4, -0.2) is 17.6 Å². The first-order valence-corrected chi connectivity index (χ1v) is 3.91. The van der Waals surface area contributed by atoms with Crippen molar-refractivity contribution in [2.45, 2.75) is 0 Å². The normalized spacial score (nSPS) is 14.0. The second-order valence-corrected chi connectivity index (χ2v) is 2.76. The van der Waals surface area contributed by atoms with E-state index in [1.165, 1.54) is 4.90 Å². The fraction of sp³-hybridized carbons (Fsp3) is 0.111. The molecule has 1 aromatic carbocycles. The van der Waals surface area contributed by atoms with Gasteiger partial charge in [-0.3, -0.25) is 9.89 Å². The van der Waals surface area contributed by atoms with E-state index in [1.54, 1.807) is 6.20 Å². The van der Waals surface area contributed by atoms with Gasteiger partial charge in [-0.25, -0.2) is 10.5 Å². The zero-order valence-corrected chi connectivity index (χ0v) is 6.90. The van der Waals surface area contributed by atoms with Crippen LogP contribution in [0, 0.1) is 0 Å². The lowest BCUT2D eigenvalue weighted by atomic mass is 10.3. The molecule has 0 bridgehead atoms. The minimum Gasteiger partial charge on any atom is -0.279 e. The molecule has 0 unspecified atom stereocenters. The third-order valence-corrected chi connectivity index (χ3v) is 1.89. The molecule has 2 rings (SSSR count). The van der Waals surface area contributed by atoms with Gasteiger partial charge in [-0.15, -0.1) is 0 Å². The number of urea groups is 1. The number of rotatable bonds is 0. The molecule has 0 saturated heterocycles. The molecule has 0 fully saturated rings. The topological polar surface area (TPSA) is 56.5 Å². The number of benzene rings is 1. The van der Waals surface area contributed by atoms with Crippen LogP contribution in [0.25, 0.3) is 6.20 Å². The smallest absolute Gasteiger partial charge is 0.279 e. The minimum absolute atomic E-state index is 0.249. The van der Waals surface area contributed by atoms with Crippen molar-refractivity contribution in [3.05, 3.63) is 34.8 Å². The van der Waals surface area contributed by atoms with E-state index in [2.05, 4.69) is 4.99 Å². The van der Waals surface area contributed by atoms with Gasteiger partial charge in [0, 0.05) is 11.4 Å². The van der Waals surface area contributed by atoms with Gasteiger partial charge in [-0.2, -0.15) is 0 Å². The molecular weight excluding hydrogens is 166 g/mol. The fourth-order valence-corrected chi connectivity index (χ4v) is 1.22. The molecule has 1 aromatic rings. The van der Waals surface area contributed by atoms with Crippen molar-refractivity contribution in [3.63, 3.8) is 0 Å². The second kappa shape index (κ2) is 2.90. The first-order chi connectivity index (χ1) is 6.27. The van der Waals surface area contributed by atoms with Crippen molar-refractivity contribution in [1.29, 1.82) is 0 Å². The van der Waals surface area contributed by atoms with Crippen molar-refractivity contribution in [2.24, 2.45) is 4.99 Å². The van der Waals surface area contributed by atoms with Crippen LogP contribution >= 0.6 is 0 Å². The van der Waals surface area contributed by atoms with E-state index in [4.69, 9.17) is 5.73 Å². The summed E-state index contributed by atoms with van der Waals surface area (Å²) in [7, 11) is 0. The van der Waals surface area contributed by atoms with Gasteiger partial charge in [0.25, 0.3) is 0 Å². The predicted molar refractivity (Wildman–Crippen MR) is 46.9 cm³/mol. The Kier molecular flexibility index (Phi) is 1.73. The lowest BCUT2D eigenvalue weighted by Crippen LogP contribution is -2.38. The van der Waals surface area contributed by atoms with Crippen LogP contribution in [0.15, 0.2) is 29.3 Å². The second-order valence-electron chi connectivity index (χ2n) is 2.76. The summed E-state index contributed by atoms with van der Waals surface area (Å²) < 4.78 is 0. The lowest BCUT2D eigenvalue weighted by molar-refractivity contribution is 0.227. The maximum atomic E-state index is 10.7. The Morgan fingerprint density at radius 2 is 2.23 bits per heavy atom. The first-order valence-electron chi connectivity index (χ1n) is 3.91. The van der Waals surface area contributed by atoms with E-state index in [9.17, 15) is 4.79 Å². The van der Waals surface area contributed by atoms with Crippen molar-refractivity contribution in [3.8, 4) is 0 Å². The summed E-state index contributed by atoms with van der Waals surface area (Å²) in [4.78, 5) is 16.1. The average Bonchev–Trinajstić information content (AvgIpc) is 2.17. The summed E-state index contributed by atoms with van der Waals surface area (Å²) in [6.07, 6.45) is 1.65. The third-order valence-electron chi connectivity index (χ3n) is 1.89. The van der Waals surface area contributed by atoms with Crippen molar-refractivity contribution in [1.82, 2.24) is 10.6 Å². The van der Waals surface area contributed by atoms with Gasteiger partial charge in [-0.1, -0.05) is 18.2 Å². The largest absolute Gasteiger partial charge is 0.341 e. The molecule has 1 aliphatic heterocycles. The molecule has 4 nitrogen and oxygen atoms in total. The molecule has 4 heteroatoms. The Hall–Kier alpha value is -1.84. The fourth-order valence-electron chi connectivity index (χ4n) is 1.22. The maximum Gasteiger partial charge on any atom is 0.341 e. The van der Waals surface area contributed by atoms with E-state index in [0.29, 0.717) is 0 Å². The molecule has 0 saturated carbocycles. The summed E-state index contributed by atoms with van der Waals surface area (Å²) >= 11 is 0. The van der Waals surface area contributed by atoms with Crippen molar-refractivity contribution >= 4 is 12.2 Å². The number of carbonyl (C=O) groups excluding carboxylic acids is 1. The Balaban J connectivity index is 2.55. The Labute approximate surface area is 75.0 Å². The zero-order valence-electron chi connectivity index (χ0n) is 6.90. The van der Waals surface area contributed by atoms with Gasteiger partial charge in [-0.05, 0) is 6.07 Å². The van der Waals surface area contributed by atoms with Gasteiger partial charge >= 0.3 is 6.03 Å². The molecular formula is C9H8N3O. The molecule has 65 valence electrons. The number of hydrogen-bond donors (Lipinski definition) is 0. The molecule has 0 aromatic heterocycles. The summed E-state index contributed by atoms with van der Waals surface area (Å²) in [5.74, 6) is 0. The van der Waals surface area contributed by atoms with Gasteiger partial charge < -0.3 is 0 Å². The third kappa shape index (κ3) is 1.38. The number of amides is 2. The van der Waals surface area contributed by atoms with Gasteiger partial charge in [0.15, 0.2) is 0 Å². The summed E-state index contributed by atoms with van der Waals surface area (Å²) in [5, 5.41) is 1.76. The van der Waals surface area contributed by atoms with E-state index in [-0.39, 0.29) is 6.67 Å². The highest BCUT2D eigenvalue weighted by Crippen LogP contribution is 1.92. The molecule has 2 amide bonds. The number of nitrogens with zero attached hydrogens (tertiary/aromatic N) is 2. The summed E-state index contributed by atoms with van der Waals surface area (Å²) in [5.41, 5.74) is 6.91. The number of hydrogen-bond acceptors (Lipinski definition) is 2. The number of carbonyl (C=O) groups is 1. The molecule has 0 spiro atoms. The Morgan fingerprint density at radius 1 is 1.46 bits per heavy atom. The number of fused-ring (bicyclic) bond motifs is 1. The molecule has 1 N–H and O–H groups in total. The van der Waals surface area contributed by atoms with Gasteiger partial charge in [0.1, 0.15) is 6.67 Å². The molecule has 1 heterocycles. The predicted octanol–water partition coefficient (Wildman–Crippen LogP) is -0.280. The zero-order chi connectivity index (χ0) is 9.26. The number of para-hydroxylation sites is 1. The van der Waals surface area contributed by atoms with E-state index in [1.807, 2.05) is 24.3 Å². The average molecular weight is 174 g/mol. The Morgan fingerprint density at radius 3 is 3.00 bits per heavy atom. The van der Waals surface area contributed by atoms with Gasteiger partial charge in [0.05, 0.1) is 5.36 Å². The highest BCUT2D eigenvalue weighted by atomic mass is 16.2. The molecule has 1 radical (unpaired) electrons. The maximum absolute atomic E-state index is 10.7. The SMILES string of the molecule is [NH]C(=O)N1C=c2ccccc2=NC1. The summed E-state index contributed by atoms with van der Waals surface area (Å²) in [6, 6.07) is 6.81. The molecule has 13 heavy (non-hydrogen) atoms. The molecule has 0 aliphatic carbocycles.